The van der Waals surface area contributed by atoms with Gasteiger partial charge in [0.25, 0.3) is 0 Å². The molecule has 2 nitrogen and oxygen atoms in total. The maximum Gasteiger partial charge on any atom is 0.142 e. The molecule has 1 heterocycles. The van der Waals surface area contributed by atoms with E-state index in [1.807, 2.05) is 18.3 Å². The van der Waals surface area contributed by atoms with Crippen LogP contribution in [-0.4, -0.2) is 11.1 Å². The SMILES string of the molecule is NCCc1cccc2c1ccn2Cc1cccc(F)c1Cl. The summed E-state index contributed by atoms with van der Waals surface area (Å²) in [6.45, 7) is 1.17. The molecule has 108 valence electrons. The second-order valence-corrected chi connectivity index (χ2v) is 5.42. The molecule has 4 heteroatoms. The summed E-state index contributed by atoms with van der Waals surface area (Å²) in [4.78, 5) is 0. The van der Waals surface area contributed by atoms with Crippen LogP contribution in [0.3, 0.4) is 0 Å². The Labute approximate surface area is 127 Å². The third-order valence-electron chi connectivity index (χ3n) is 3.69. The smallest absolute Gasteiger partial charge is 0.142 e. The molecule has 3 aromatic rings. The number of hydrogen-bond donors (Lipinski definition) is 1. The molecule has 2 aromatic carbocycles. The van der Waals surface area contributed by atoms with Crippen molar-refractivity contribution in [1.29, 1.82) is 0 Å². The third kappa shape index (κ3) is 2.67. The van der Waals surface area contributed by atoms with E-state index in [4.69, 9.17) is 17.3 Å². The Bertz CT molecular complexity index is 780. The van der Waals surface area contributed by atoms with Gasteiger partial charge in [-0.1, -0.05) is 35.9 Å². The van der Waals surface area contributed by atoms with Crippen molar-refractivity contribution in [1.82, 2.24) is 4.57 Å². The van der Waals surface area contributed by atoms with Crippen LogP contribution >= 0.6 is 11.6 Å². The quantitative estimate of drug-likeness (QED) is 0.776. The van der Waals surface area contributed by atoms with Crippen molar-refractivity contribution in [2.45, 2.75) is 13.0 Å². The van der Waals surface area contributed by atoms with Crippen molar-refractivity contribution < 1.29 is 4.39 Å². The highest BCUT2D eigenvalue weighted by Crippen LogP contribution is 2.25. The molecule has 0 radical (unpaired) electrons. The zero-order valence-electron chi connectivity index (χ0n) is 11.5. The van der Waals surface area contributed by atoms with Crippen molar-refractivity contribution in [2.75, 3.05) is 6.54 Å². The highest BCUT2D eigenvalue weighted by atomic mass is 35.5. The molecule has 0 saturated heterocycles. The second kappa shape index (κ2) is 5.88. The lowest BCUT2D eigenvalue weighted by Crippen LogP contribution is -2.03. The molecule has 0 atom stereocenters. The Balaban J connectivity index is 2.02. The summed E-state index contributed by atoms with van der Waals surface area (Å²) in [5.41, 5.74) is 8.78. The molecule has 0 amide bonds. The van der Waals surface area contributed by atoms with Crippen LogP contribution in [0.2, 0.25) is 5.02 Å². The van der Waals surface area contributed by atoms with Gasteiger partial charge in [0.1, 0.15) is 5.82 Å². The van der Waals surface area contributed by atoms with Crippen LogP contribution in [0.25, 0.3) is 10.9 Å². The van der Waals surface area contributed by atoms with E-state index in [9.17, 15) is 4.39 Å². The van der Waals surface area contributed by atoms with Crippen LogP contribution in [-0.2, 0) is 13.0 Å². The van der Waals surface area contributed by atoms with Gasteiger partial charge >= 0.3 is 0 Å². The summed E-state index contributed by atoms with van der Waals surface area (Å²) in [6.07, 6.45) is 2.86. The van der Waals surface area contributed by atoms with E-state index in [2.05, 4.69) is 22.8 Å². The number of nitrogens with two attached hydrogens (primary N) is 1. The lowest BCUT2D eigenvalue weighted by molar-refractivity contribution is 0.624. The zero-order chi connectivity index (χ0) is 14.8. The Morgan fingerprint density at radius 3 is 2.62 bits per heavy atom. The first kappa shape index (κ1) is 14.1. The third-order valence-corrected chi connectivity index (χ3v) is 4.11. The lowest BCUT2D eigenvalue weighted by Gasteiger charge is -2.09. The van der Waals surface area contributed by atoms with Gasteiger partial charge in [0.15, 0.2) is 0 Å². The molecule has 0 bridgehead atoms. The fourth-order valence-electron chi connectivity index (χ4n) is 2.65. The molecule has 3 rings (SSSR count). The standard InChI is InChI=1S/C17H16ClFN2/c18-17-13(4-1-5-15(17)19)11-21-10-8-14-12(7-9-20)3-2-6-16(14)21/h1-6,8,10H,7,9,11,20H2. The molecule has 0 saturated carbocycles. The molecule has 2 N–H and O–H groups in total. The summed E-state index contributed by atoms with van der Waals surface area (Å²) in [5, 5.41) is 1.38. The first-order valence-corrected chi connectivity index (χ1v) is 7.28. The van der Waals surface area contributed by atoms with Crippen LogP contribution in [0.4, 0.5) is 4.39 Å². The van der Waals surface area contributed by atoms with Gasteiger partial charge in [0, 0.05) is 23.6 Å². The predicted octanol–water partition coefficient (Wildman–Crippen LogP) is 3.98. The Morgan fingerprint density at radius 1 is 1.05 bits per heavy atom. The highest BCUT2D eigenvalue weighted by molar-refractivity contribution is 6.31. The number of benzene rings is 2. The second-order valence-electron chi connectivity index (χ2n) is 5.05. The average molecular weight is 303 g/mol. The first-order chi connectivity index (χ1) is 10.2. The summed E-state index contributed by atoms with van der Waals surface area (Å²) in [6, 6.07) is 13.2. The van der Waals surface area contributed by atoms with Gasteiger partial charge in [-0.2, -0.15) is 0 Å². The van der Waals surface area contributed by atoms with Crippen molar-refractivity contribution >= 4 is 22.5 Å². The van der Waals surface area contributed by atoms with Gasteiger partial charge in [0.2, 0.25) is 0 Å². The maximum atomic E-state index is 13.5. The van der Waals surface area contributed by atoms with Crippen LogP contribution in [0.5, 0.6) is 0 Å². The minimum atomic E-state index is -0.380. The van der Waals surface area contributed by atoms with Crippen LogP contribution in [0.15, 0.2) is 48.7 Å². The van der Waals surface area contributed by atoms with E-state index < -0.39 is 0 Å². The van der Waals surface area contributed by atoms with E-state index >= 15 is 0 Å². The minimum Gasteiger partial charge on any atom is -0.343 e. The van der Waals surface area contributed by atoms with Gasteiger partial charge in [0.05, 0.1) is 5.02 Å². The van der Waals surface area contributed by atoms with Crippen molar-refractivity contribution in [2.24, 2.45) is 5.73 Å². The van der Waals surface area contributed by atoms with Gasteiger partial charge < -0.3 is 10.3 Å². The fourth-order valence-corrected chi connectivity index (χ4v) is 2.84. The average Bonchev–Trinajstić information content (AvgIpc) is 2.89. The normalized spacial score (nSPS) is 11.2. The Morgan fingerprint density at radius 2 is 1.81 bits per heavy atom. The molecular formula is C17H16ClFN2. The molecule has 0 spiro atoms. The van der Waals surface area contributed by atoms with E-state index in [1.54, 1.807) is 6.07 Å². The molecule has 0 fully saturated rings. The fraction of sp³-hybridized carbons (Fsp3) is 0.176. The molecule has 21 heavy (non-hydrogen) atoms. The molecule has 0 aliphatic heterocycles. The number of fused-ring (bicyclic) bond motifs is 1. The molecule has 0 aliphatic carbocycles. The van der Waals surface area contributed by atoms with Crippen molar-refractivity contribution in [3.05, 3.63) is 70.6 Å². The predicted molar refractivity (Wildman–Crippen MR) is 85.2 cm³/mol. The van der Waals surface area contributed by atoms with Gasteiger partial charge in [-0.25, -0.2) is 4.39 Å². The number of nitrogens with zero attached hydrogens (tertiary/aromatic N) is 1. The van der Waals surface area contributed by atoms with Gasteiger partial charge in [-0.3, -0.25) is 0 Å². The van der Waals surface area contributed by atoms with Crippen molar-refractivity contribution in [3.8, 4) is 0 Å². The molecule has 0 unspecified atom stereocenters. The lowest BCUT2D eigenvalue weighted by atomic mass is 10.1. The Hall–Kier alpha value is -1.84. The van der Waals surface area contributed by atoms with E-state index in [0.29, 0.717) is 13.1 Å². The molecular weight excluding hydrogens is 287 g/mol. The largest absolute Gasteiger partial charge is 0.343 e. The van der Waals surface area contributed by atoms with Crippen LogP contribution in [0.1, 0.15) is 11.1 Å². The highest BCUT2D eigenvalue weighted by Gasteiger charge is 2.09. The first-order valence-electron chi connectivity index (χ1n) is 6.90. The maximum absolute atomic E-state index is 13.5. The summed E-state index contributed by atoms with van der Waals surface area (Å²) < 4.78 is 15.6. The van der Waals surface area contributed by atoms with Crippen molar-refractivity contribution in [3.63, 3.8) is 0 Å². The topological polar surface area (TPSA) is 30.9 Å². The van der Waals surface area contributed by atoms with E-state index in [-0.39, 0.29) is 10.8 Å². The monoisotopic (exact) mass is 302 g/mol. The van der Waals surface area contributed by atoms with E-state index in [1.165, 1.54) is 17.0 Å². The molecule has 0 aliphatic rings. The molecule has 1 aromatic heterocycles. The summed E-state index contributed by atoms with van der Waals surface area (Å²) in [7, 11) is 0. The van der Waals surface area contributed by atoms with Gasteiger partial charge in [-0.05, 0) is 42.3 Å². The summed E-state index contributed by atoms with van der Waals surface area (Å²) in [5.74, 6) is -0.380. The zero-order valence-corrected chi connectivity index (χ0v) is 12.3. The minimum absolute atomic E-state index is 0.192. The van der Waals surface area contributed by atoms with Crippen LogP contribution < -0.4 is 5.73 Å². The summed E-state index contributed by atoms with van der Waals surface area (Å²) >= 11 is 6.04. The van der Waals surface area contributed by atoms with Gasteiger partial charge in [-0.15, -0.1) is 0 Å². The number of hydrogen-bond acceptors (Lipinski definition) is 1. The number of aromatic nitrogens is 1. The van der Waals surface area contributed by atoms with E-state index in [0.717, 1.165) is 17.5 Å². The number of rotatable bonds is 4. The Kier molecular flexibility index (Phi) is 3.95. The van der Waals surface area contributed by atoms with Crippen LogP contribution in [0, 0.1) is 5.82 Å². The number of halogens is 2.